The molecule has 0 spiro atoms. The van der Waals surface area contributed by atoms with Crippen LogP contribution in [-0.4, -0.2) is 96.7 Å². The molecular formula is C87H170O17P2. The number of ether oxygens (including phenoxy) is 4. The summed E-state index contributed by atoms with van der Waals surface area (Å²) >= 11 is 0. The zero-order valence-electron chi connectivity index (χ0n) is 69.9. The van der Waals surface area contributed by atoms with Crippen LogP contribution in [0, 0.1) is 17.8 Å². The maximum atomic E-state index is 13.2. The van der Waals surface area contributed by atoms with Crippen LogP contribution in [0.25, 0.3) is 0 Å². The second-order valence-electron chi connectivity index (χ2n) is 32.7. The van der Waals surface area contributed by atoms with Gasteiger partial charge in [-0.2, -0.15) is 0 Å². The van der Waals surface area contributed by atoms with Crippen LogP contribution in [0.2, 0.25) is 0 Å². The van der Waals surface area contributed by atoms with Gasteiger partial charge in [0.1, 0.15) is 19.3 Å². The first kappa shape index (κ1) is 104. The summed E-state index contributed by atoms with van der Waals surface area (Å²) in [5.41, 5.74) is 0. The lowest BCUT2D eigenvalue weighted by Crippen LogP contribution is -2.30. The molecule has 17 nitrogen and oxygen atoms in total. The topological polar surface area (TPSA) is 237 Å². The number of phosphoric acid groups is 2. The molecule has 0 amide bonds. The number of unbranched alkanes of at least 4 members (excludes halogenated alkanes) is 53. The number of hydrogen-bond donors (Lipinski definition) is 3. The number of carbonyl (C=O) groups excluding carboxylic acids is 4. The Balaban J connectivity index is 5.21. The van der Waals surface area contributed by atoms with Crippen molar-refractivity contribution >= 4 is 39.5 Å². The van der Waals surface area contributed by atoms with Crippen LogP contribution in [0.4, 0.5) is 0 Å². The maximum absolute atomic E-state index is 13.2. The van der Waals surface area contributed by atoms with Crippen molar-refractivity contribution in [1.29, 1.82) is 0 Å². The number of carbonyl (C=O) groups is 4. The summed E-state index contributed by atoms with van der Waals surface area (Å²) < 4.78 is 68.9. The predicted molar refractivity (Wildman–Crippen MR) is 437 cm³/mol. The summed E-state index contributed by atoms with van der Waals surface area (Å²) in [6.45, 7) is 12.0. The van der Waals surface area contributed by atoms with E-state index < -0.39 is 97.5 Å². The Morgan fingerprint density at radius 2 is 0.434 bits per heavy atom. The molecule has 0 saturated heterocycles. The summed E-state index contributed by atoms with van der Waals surface area (Å²) in [6.07, 6.45) is 68.3. The summed E-state index contributed by atoms with van der Waals surface area (Å²) in [5.74, 6) is 0.184. The summed E-state index contributed by atoms with van der Waals surface area (Å²) in [5, 5.41) is 10.7. The molecule has 0 rings (SSSR count). The fourth-order valence-electron chi connectivity index (χ4n) is 13.5. The molecule has 3 N–H and O–H groups in total. The monoisotopic (exact) mass is 1550 g/mol. The molecular weight excluding hydrogens is 1380 g/mol. The largest absolute Gasteiger partial charge is 0.472 e. The van der Waals surface area contributed by atoms with Gasteiger partial charge < -0.3 is 33.8 Å². The molecule has 19 heteroatoms. The molecule has 0 aromatic carbocycles. The highest BCUT2D eigenvalue weighted by Crippen LogP contribution is 2.45. The van der Waals surface area contributed by atoms with E-state index in [0.29, 0.717) is 31.6 Å². The highest BCUT2D eigenvalue weighted by molar-refractivity contribution is 7.47. The lowest BCUT2D eigenvalue weighted by Gasteiger charge is -2.21. The van der Waals surface area contributed by atoms with Crippen molar-refractivity contribution in [3.8, 4) is 0 Å². The van der Waals surface area contributed by atoms with E-state index in [0.717, 1.165) is 108 Å². The van der Waals surface area contributed by atoms with Crippen molar-refractivity contribution in [1.82, 2.24) is 0 Å². The predicted octanol–water partition coefficient (Wildman–Crippen LogP) is 26.5. The fraction of sp³-hybridized carbons (Fsp3) is 0.954. The quantitative estimate of drug-likeness (QED) is 0.0222. The van der Waals surface area contributed by atoms with Crippen molar-refractivity contribution in [3.05, 3.63) is 0 Å². The van der Waals surface area contributed by atoms with E-state index in [1.165, 1.54) is 263 Å². The van der Waals surface area contributed by atoms with Gasteiger partial charge in [-0.1, -0.05) is 408 Å². The minimum atomic E-state index is -4.97. The van der Waals surface area contributed by atoms with Crippen LogP contribution in [0.15, 0.2) is 0 Å². The van der Waals surface area contributed by atoms with Gasteiger partial charge in [0.2, 0.25) is 0 Å². The molecule has 0 heterocycles. The number of phosphoric ester groups is 2. The third-order valence-corrected chi connectivity index (χ3v) is 22.3. The second-order valence-corrected chi connectivity index (χ2v) is 35.6. The molecule has 630 valence electrons. The first-order valence-electron chi connectivity index (χ1n) is 44.8. The van der Waals surface area contributed by atoms with Gasteiger partial charge in [-0.3, -0.25) is 37.3 Å². The molecule has 0 saturated carbocycles. The Labute approximate surface area is 651 Å². The average molecular weight is 1550 g/mol. The van der Waals surface area contributed by atoms with Crippen molar-refractivity contribution < 1.29 is 80.2 Å². The van der Waals surface area contributed by atoms with Crippen LogP contribution in [0.1, 0.15) is 459 Å². The van der Waals surface area contributed by atoms with E-state index in [1.54, 1.807) is 0 Å². The number of esters is 4. The van der Waals surface area contributed by atoms with E-state index in [1.807, 2.05) is 0 Å². The summed E-state index contributed by atoms with van der Waals surface area (Å²) in [6, 6.07) is 0. The zero-order chi connectivity index (χ0) is 77.9. The van der Waals surface area contributed by atoms with E-state index in [4.69, 9.17) is 37.0 Å². The Hall–Kier alpha value is -1.94. The summed E-state index contributed by atoms with van der Waals surface area (Å²) in [7, 11) is -9.93. The number of rotatable bonds is 85. The van der Waals surface area contributed by atoms with E-state index in [2.05, 4.69) is 48.5 Å². The van der Waals surface area contributed by atoms with Gasteiger partial charge in [-0.25, -0.2) is 9.13 Å². The van der Waals surface area contributed by atoms with E-state index in [9.17, 15) is 43.2 Å². The van der Waals surface area contributed by atoms with E-state index in [-0.39, 0.29) is 25.7 Å². The van der Waals surface area contributed by atoms with Crippen LogP contribution in [0.5, 0.6) is 0 Å². The third-order valence-electron chi connectivity index (χ3n) is 20.4. The molecule has 0 aliphatic rings. The van der Waals surface area contributed by atoms with Gasteiger partial charge in [0.05, 0.1) is 26.4 Å². The van der Waals surface area contributed by atoms with E-state index >= 15 is 0 Å². The average Bonchev–Trinajstić information content (AvgIpc) is 0.903. The molecule has 0 aliphatic heterocycles. The Morgan fingerprint density at radius 1 is 0.255 bits per heavy atom. The van der Waals surface area contributed by atoms with Gasteiger partial charge in [-0.05, 0) is 43.4 Å². The first-order valence-corrected chi connectivity index (χ1v) is 47.8. The molecule has 0 fully saturated rings. The lowest BCUT2D eigenvalue weighted by atomic mass is 10.0. The van der Waals surface area contributed by atoms with Crippen LogP contribution in [-0.2, 0) is 65.4 Å². The molecule has 0 aromatic rings. The summed E-state index contributed by atoms with van der Waals surface area (Å²) in [4.78, 5) is 73.2. The van der Waals surface area contributed by atoms with Crippen molar-refractivity contribution in [2.24, 2.45) is 17.8 Å². The molecule has 2 unspecified atom stereocenters. The van der Waals surface area contributed by atoms with Crippen molar-refractivity contribution in [2.75, 3.05) is 39.6 Å². The standard InChI is InChI=1S/C87H170O17P2/c1-8-9-10-11-12-13-14-15-16-17-18-19-20-24-27-30-35-40-47-54-61-68-84(89)97-74-82(103-86(91)70-63-56-48-41-36-31-28-25-22-21-23-26-29-33-38-44-51-58-65-78(2)3)76-101-105(93,94)99-72-81(88)73-100-106(95,96)102-77-83(75-98-85(90)69-62-55-50-43-46-53-60-67-80(6)7)104-87(92)71-64-57-49-42-37-32-34-39-45-52-59-66-79(4)5/h78-83,88H,8-77H2,1-7H3,(H,93,94)(H,95,96)/t81-,82-,83-/m1/s1. The van der Waals surface area contributed by atoms with Crippen LogP contribution < -0.4 is 0 Å². The maximum Gasteiger partial charge on any atom is 0.472 e. The Kier molecular flexibility index (Phi) is 75.6. The third kappa shape index (κ3) is 80.1. The van der Waals surface area contributed by atoms with Crippen molar-refractivity contribution in [3.63, 3.8) is 0 Å². The zero-order valence-corrected chi connectivity index (χ0v) is 71.7. The molecule has 5 atom stereocenters. The molecule has 0 radical (unpaired) electrons. The molecule has 0 bridgehead atoms. The SMILES string of the molecule is CCCCCCCCCCCCCCCCCCCCCCCC(=O)OC[C@H](COP(=O)(O)OC[C@@H](O)COP(=O)(O)OC[C@@H](COC(=O)CCCCCCCCCC(C)C)OC(=O)CCCCCCCCCCCCCC(C)C)OC(=O)CCCCCCCCCCCCCCCCCCCCC(C)C. The highest BCUT2D eigenvalue weighted by atomic mass is 31.2. The Morgan fingerprint density at radius 3 is 0.642 bits per heavy atom. The van der Waals surface area contributed by atoms with Crippen LogP contribution in [0.3, 0.4) is 0 Å². The minimum absolute atomic E-state index is 0.106. The normalized spacial score (nSPS) is 13.9. The molecule has 106 heavy (non-hydrogen) atoms. The Bertz CT molecular complexity index is 2040. The van der Waals surface area contributed by atoms with Gasteiger partial charge in [0.15, 0.2) is 12.2 Å². The number of aliphatic hydroxyl groups excluding tert-OH is 1. The fourth-order valence-corrected chi connectivity index (χ4v) is 15.1. The minimum Gasteiger partial charge on any atom is -0.462 e. The van der Waals surface area contributed by atoms with Gasteiger partial charge in [0, 0.05) is 25.7 Å². The molecule has 0 aromatic heterocycles. The van der Waals surface area contributed by atoms with Crippen LogP contribution >= 0.6 is 15.6 Å². The first-order chi connectivity index (χ1) is 51.2. The van der Waals surface area contributed by atoms with Gasteiger partial charge in [-0.15, -0.1) is 0 Å². The highest BCUT2D eigenvalue weighted by Gasteiger charge is 2.30. The van der Waals surface area contributed by atoms with Crippen molar-refractivity contribution in [2.45, 2.75) is 478 Å². The smallest absolute Gasteiger partial charge is 0.462 e. The van der Waals surface area contributed by atoms with Gasteiger partial charge in [0.25, 0.3) is 0 Å². The molecule has 0 aliphatic carbocycles. The second kappa shape index (κ2) is 77.0. The lowest BCUT2D eigenvalue weighted by molar-refractivity contribution is -0.161. The number of aliphatic hydroxyl groups is 1. The number of hydrogen-bond acceptors (Lipinski definition) is 15. The van der Waals surface area contributed by atoms with Gasteiger partial charge >= 0.3 is 39.5 Å².